The van der Waals surface area contributed by atoms with Gasteiger partial charge in [-0.15, -0.1) is 0 Å². The molecule has 2 fully saturated rings. The van der Waals surface area contributed by atoms with E-state index in [1.807, 2.05) is 0 Å². The quantitative estimate of drug-likeness (QED) is 0.776. The highest BCUT2D eigenvalue weighted by molar-refractivity contribution is 5.87. The van der Waals surface area contributed by atoms with Crippen LogP contribution in [0, 0.1) is 11.8 Å². The summed E-state index contributed by atoms with van der Waals surface area (Å²) in [4.78, 5) is 10.2. The number of hydrogen-bond acceptors (Lipinski definition) is 1. The Morgan fingerprint density at radius 3 is 1.52 bits per heavy atom. The van der Waals surface area contributed by atoms with Crippen LogP contribution in [0.2, 0.25) is 0 Å². The maximum atomic E-state index is 10.2. The van der Waals surface area contributed by atoms with Gasteiger partial charge in [0.2, 0.25) is 0 Å². The molecule has 2 heteroatoms. The van der Waals surface area contributed by atoms with Crippen molar-refractivity contribution in [3.63, 3.8) is 0 Å². The SMILES string of the molecule is C1CCC(C2CCCCC2)CC1.O=C(O)c1ccccc1. The van der Waals surface area contributed by atoms with Gasteiger partial charge in [-0.2, -0.15) is 0 Å². The largest absolute Gasteiger partial charge is 0.478 e. The first kappa shape index (κ1) is 16.1. The summed E-state index contributed by atoms with van der Waals surface area (Å²) in [6.45, 7) is 0. The Hall–Kier alpha value is -1.31. The summed E-state index contributed by atoms with van der Waals surface area (Å²) in [5, 5.41) is 8.38. The summed E-state index contributed by atoms with van der Waals surface area (Å²) in [6.07, 6.45) is 15.4. The monoisotopic (exact) mass is 288 g/mol. The Labute approximate surface area is 128 Å². The second-order valence-electron chi connectivity index (χ2n) is 6.47. The maximum absolute atomic E-state index is 10.2. The lowest BCUT2D eigenvalue weighted by Crippen LogP contribution is -2.20. The van der Waals surface area contributed by atoms with Crippen molar-refractivity contribution in [1.82, 2.24) is 0 Å². The van der Waals surface area contributed by atoms with Crippen LogP contribution in [0.15, 0.2) is 30.3 Å². The standard InChI is InChI=1S/C12H22.C7H6O2/c1-3-7-11(8-4-1)12-9-5-2-6-10-12;8-7(9)6-4-2-1-3-5-6/h11-12H,1-10H2;1-5H,(H,8,9). The zero-order valence-corrected chi connectivity index (χ0v) is 13.0. The molecule has 0 saturated heterocycles. The maximum Gasteiger partial charge on any atom is 0.335 e. The van der Waals surface area contributed by atoms with E-state index in [1.54, 1.807) is 56.0 Å². The van der Waals surface area contributed by atoms with Crippen LogP contribution in [0.4, 0.5) is 0 Å². The van der Waals surface area contributed by atoms with Crippen molar-refractivity contribution < 1.29 is 9.90 Å². The molecule has 0 aliphatic heterocycles. The van der Waals surface area contributed by atoms with E-state index in [4.69, 9.17) is 5.11 Å². The second kappa shape index (κ2) is 8.86. The minimum absolute atomic E-state index is 0.331. The molecule has 0 atom stereocenters. The molecule has 0 bridgehead atoms. The van der Waals surface area contributed by atoms with Crippen LogP contribution in [-0.2, 0) is 0 Å². The molecule has 116 valence electrons. The van der Waals surface area contributed by atoms with Gasteiger partial charge in [-0.05, 0) is 24.0 Å². The molecule has 1 N–H and O–H groups in total. The Morgan fingerprint density at radius 2 is 1.19 bits per heavy atom. The molecular formula is C19H28O2. The van der Waals surface area contributed by atoms with Crippen molar-refractivity contribution in [2.75, 3.05) is 0 Å². The van der Waals surface area contributed by atoms with Crippen LogP contribution < -0.4 is 0 Å². The third-order valence-corrected chi connectivity index (χ3v) is 4.99. The van der Waals surface area contributed by atoms with Crippen molar-refractivity contribution in [2.24, 2.45) is 11.8 Å². The zero-order valence-electron chi connectivity index (χ0n) is 13.0. The molecule has 3 rings (SSSR count). The average molecular weight is 288 g/mol. The molecule has 2 aliphatic carbocycles. The van der Waals surface area contributed by atoms with E-state index in [9.17, 15) is 4.79 Å². The van der Waals surface area contributed by atoms with E-state index in [-0.39, 0.29) is 0 Å². The van der Waals surface area contributed by atoms with Gasteiger partial charge in [0.15, 0.2) is 0 Å². The normalized spacial score (nSPS) is 20.4. The summed E-state index contributed by atoms with van der Waals surface area (Å²) in [6, 6.07) is 8.30. The van der Waals surface area contributed by atoms with Crippen molar-refractivity contribution in [3.8, 4) is 0 Å². The molecule has 2 nitrogen and oxygen atoms in total. The van der Waals surface area contributed by atoms with Gasteiger partial charge in [0.05, 0.1) is 5.56 Å². The molecule has 1 aromatic carbocycles. The first-order valence-electron chi connectivity index (χ1n) is 8.55. The molecule has 0 aromatic heterocycles. The lowest BCUT2D eigenvalue weighted by Gasteiger charge is -2.32. The summed E-state index contributed by atoms with van der Waals surface area (Å²) >= 11 is 0. The van der Waals surface area contributed by atoms with E-state index in [2.05, 4.69) is 0 Å². The molecule has 0 unspecified atom stereocenters. The molecule has 0 radical (unpaired) electrons. The van der Waals surface area contributed by atoms with Crippen molar-refractivity contribution in [1.29, 1.82) is 0 Å². The van der Waals surface area contributed by atoms with Crippen molar-refractivity contribution in [2.45, 2.75) is 64.2 Å². The molecule has 1 aromatic rings. The predicted octanol–water partition coefficient (Wildman–Crippen LogP) is 5.53. The molecule has 0 heterocycles. The third kappa shape index (κ3) is 5.53. The van der Waals surface area contributed by atoms with E-state index in [1.165, 1.54) is 38.5 Å². The first-order chi connectivity index (χ1) is 10.3. The van der Waals surface area contributed by atoms with Crippen LogP contribution in [0.1, 0.15) is 74.6 Å². The fraction of sp³-hybridized carbons (Fsp3) is 0.632. The van der Waals surface area contributed by atoms with Gasteiger partial charge < -0.3 is 5.11 Å². The number of carboxylic acids is 1. The Balaban J connectivity index is 0.000000161. The van der Waals surface area contributed by atoms with Crippen LogP contribution in [-0.4, -0.2) is 11.1 Å². The molecule has 0 amide bonds. The number of rotatable bonds is 2. The number of carbonyl (C=O) groups is 1. The van der Waals surface area contributed by atoms with Crippen LogP contribution in [0.3, 0.4) is 0 Å². The fourth-order valence-electron chi connectivity index (χ4n) is 3.79. The Morgan fingerprint density at radius 1 is 0.762 bits per heavy atom. The van der Waals surface area contributed by atoms with Crippen LogP contribution >= 0.6 is 0 Å². The average Bonchev–Trinajstić information content (AvgIpc) is 2.58. The van der Waals surface area contributed by atoms with Gasteiger partial charge in [0.1, 0.15) is 0 Å². The van der Waals surface area contributed by atoms with Crippen LogP contribution in [0.25, 0.3) is 0 Å². The number of aromatic carboxylic acids is 1. The van der Waals surface area contributed by atoms with Gasteiger partial charge >= 0.3 is 5.97 Å². The summed E-state index contributed by atoms with van der Waals surface area (Å²) in [7, 11) is 0. The molecule has 21 heavy (non-hydrogen) atoms. The second-order valence-corrected chi connectivity index (χ2v) is 6.47. The fourth-order valence-corrected chi connectivity index (χ4v) is 3.79. The summed E-state index contributed by atoms with van der Waals surface area (Å²) in [5.41, 5.74) is 0.331. The van der Waals surface area contributed by atoms with Gasteiger partial charge in [-0.1, -0.05) is 82.4 Å². The molecule has 0 spiro atoms. The van der Waals surface area contributed by atoms with E-state index in [0.717, 1.165) is 11.8 Å². The first-order valence-corrected chi connectivity index (χ1v) is 8.55. The van der Waals surface area contributed by atoms with Gasteiger partial charge in [-0.3, -0.25) is 0 Å². The highest BCUT2D eigenvalue weighted by atomic mass is 16.4. The minimum atomic E-state index is -0.879. The number of benzene rings is 1. The lowest BCUT2D eigenvalue weighted by atomic mass is 9.73. The zero-order chi connectivity index (χ0) is 14.9. The Bertz CT molecular complexity index is 385. The number of hydrogen-bond donors (Lipinski definition) is 1. The van der Waals surface area contributed by atoms with Gasteiger partial charge in [0, 0.05) is 0 Å². The van der Waals surface area contributed by atoms with Gasteiger partial charge in [0.25, 0.3) is 0 Å². The number of carboxylic acid groups (broad SMARTS) is 1. The Kier molecular flexibility index (Phi) is 6.78. The minimum Gasteiger partial charge on any atom is -0.478 e. The van der Waals surface area contributed by atoms with Crippen molar-refractivity contribution in [3.05, 3.63) is 35.9 Å². The summed E-state index contributed by atoms with van der Waals surface area (Å²) in [5.74, 6) is 1.40. The van der Waals surface area contributed by atoms with Crippen LogP contribution in [0.5, 0.6) is 0 Å². The topological polar surface area (TPSA) is 37.3 Å². The van der Waals surface area contributed by atoms with E-state index < -0.39 is 5.97 Å². The molecule has 2 saturated carbocycles. The van der Waals surface area contributed by atoms with Crippen molar-refractivity contribution >= 4 is 5.97 Å². The summed E-state index contributed by atoms with van der Waals surface area (Å²) < 4.78 is 0. The van der Waals surface area contributed by atoms with E-state index in [0.29, 0.717) is 5.56 Å². The highest BCUT2D eigenvalue weighted by Gasteiger charge is 2.24. The van der Waals surface area contributed by atoms with Gasteiger partial charge in [-0.25, -0.2) is 4.79 Å². The smallest absolute Gasteiger partial charge is 0.335 e. The van der Waals surface area contributed by atoms with E-state index >= 15 is 0 Å². The molecule has 2 aliphatic rings. The lowest BCUT2D eigenvalue weighted by molar-refractivity contribution is 0.0697. The highest BCUT2D eigenvalue weighted by Crippen LogP contribution is 2.37. The predicted molar refractivity (Wildman–Crippen MR) is 86.6 cm³/mol. The third-order valence-electron chi connectivity index (χ3n) is 4.99. The molecular weight excluding hydrogens is 260 g/mol.